The van der Waals surface area contributed by atoms with E-state index >= 15 is 0 Å². The van der Waals surface area contributed by atoms with Crippen molar-refractivity contribution in [2.45, 2.75) is 355 Å². The van der Waals surface area contributed by atoms with E-state index in [0.29, 0.717) is 21.7 Å². The minimum atomic E-state index is 0.542. The van der Waals surface area contributed by atoms with Crippen LogP contribution in [-0.2, 0) is 0 Å². The topological polar surface area (TPSA) is 0 Å². The molecule has 0 saturated heterocycles. The van der Waals surface area contributed by atoms with Crippen molar-refractivity contribution < 1.29 is 0 Å². The van der Waals surface area contributed by atoms with Crippen molar-refractivity contribution in [1.82, 2.24) is 0 Å². The molecule has 7 atom stereocenters. The van der Waals surface area contributed by atoms with Gasteiger partial charge in [0.05, 0.1) is 0 Å². The number of rotatable bonds is 7. The first kappa shape index (κ1) is 77.5. The smallest absolute Gasteiger partial charge is 0.0323 e. The van der Waals surface area contributed by atoms with Gasteiger partial charge in [-0.05, 0) is 137 Å². The van der Waals surface area contributed by atoms with Gasteiger partial charge in [0.1, 0.15) is 0 Å². The maximum absolute atomic E-state index is 2.40. The summed E-state index contributed by atoms with van der Waals surface area (Å²) in [5, 5.41) is 0. The van der Waals surface area contributed by atoms with E-state index < -0.39 is 0 Å². The molecule has 6 saturated carbocycles. The van der Waals surface area contributed by atoms with Gasteiger partial charge in [0.2, 0.25) is 0 Å². The van der Waals surface area contributed by atoms with E-state index in [4.69, 9.17) is 0 Å². The van der Waals surface area contributed by atoms with Crippen molar-refractivity contribution in [1.29, 1.82) is 0 Å². The Morgan fingerprint density at radius 3 is 0.873 bits per heavy atom. The SMILES string of the molecule is CC1C(C)(C)CCC1(C)C.CC1CC(C)C(C)C1.CC1CCC(C)C1C.CC1CCC[C@H]1C.CCC(C)(C)C.CCC(C)CC.CCC1CCC1.CCCC(C)C.CCCC(C)C.C[C@@H]1CCCC1(C)C. The van der Waals surface area contributed by atoms with Crippen LogP contribution in [0.4, 0.5) is 0 Å². The molecule has 0 spiro atoms. The summed E-state index contributed by atoms with van der Waals surface area (Å²) in [4.78, 5) is 0. The highest BCUT2D eigenvalue weighted by atomic mass is 14.5. The van der Waals surface area contributed by atoms with E-state index in [1.807, 2.05) is 0 Å². The summed E-state index contributed by atoms with van der Waals surface area (Å²) in [6.07, 6.45) is 32.7. The van der Waals surface area contributed by atoms with Crippen molar-refractivity contribution in [2.24, 2.45) is 105 Å². The predicted molar refractivity (Wildman–Crippen MR) is 335 cm³/mol. The monoisotopic (exact) mass is 1000 g/mol. The zero-order chi connectivity index (χ0) is 56.3. The molecule has 0 radical (unpaired) electrons. The Kier molecular flexibility index (Phi) is 45.9. The van der Waals surface area contributed by atoms with Crippen LogP contribution in [0.15, 0.2) is 0 Å². The van der Waals surface area contributed by atoms with Crippen molar-refractivity contribution in [3.05, 3.63) is 0 Å². The van der Waals surface area contributed by atoms with Gasteiger partial charge in [0.15, 0.2) is 0 Å². The van der Waals surface area contributed by atoms with E-state index in [1.165, 1.54) is 148 Å². The average Bonchev–Trinajstić information content (AvgIpc) is 4.02. The zero-order valence-corrected chi connectivity index (χ0v) is 56.3. The molecule has 5 unspecified atom stereocenters. The van der Waals surface area contributed by atoms with Crippen LogP contribution < -0.4 is 0 Å². The Bertz CT molecular complexity index is 1060. The minimum absolute atomic E-state index is 0.542. The number of hydrogen-bond acceptors (Lipinski definition) is 0. The van der Waals surface area contributed by atoms with Crippen LogP contribution in [0.2, 0.25) is 0 Å². The van der Waals surface area contributed by atoms with E-state index in [-0.39, 0.29) is 0 Å². The summed E-state index contributed by atoms with van der Waals surface area (Å²) in [5.41, 5.74) is 2.37. The van der Waals surface area contributed by atoms with Gasteiger partial charge in [-0.15, -0.1) is 0 Å². The first-order valence-corrected chi connectivity index (χ1v) is 32.5. The molecule has 6 fully saturated rings. The van der Waals surface area contributed by atoms with Crippen molar-refractivity contribution in [3.8, 4) is 0 Å². The fourth-order valence-electron chi connectivity index (χ4n) is 10.8. The molecule has 71 heavy (non-hydrogen) atoms. The van der Waals surface area contributed by atoms with Gasteiger partial charge in [0, 0.05) is 0 Å². The maximum Gasteiger partial charge on any atom is -0.0323 e. The Hall–Kier alpha value is 0. The Labute approximate surface area is 457 Å². The molecule has 0 heteroatoms. The molecule has 0 amide bonds. The number of hydrogen-bond donors (Lipinski definition) is 0. The molecule has 0 aliphatic heterocycles. The molecule has 0 heterocycles. The zero-order valence-electron chi connectivity index (χ0n) is 56.3. The Morgan fingerprint density at radius 1 is 0.437 bits per heavy atom. The summed E-state index contributed by atoms with van der Waals surface area (Å²) >= 11 is 0. The molecule has 0 nitrogen and oxygen atoms in total. The molecule has 6 rings (SSSR count). The van der Waals surface area contributed by atoms with Crippen LogP contribution in [0.5, 0.6) is 0 Å². The highest BCUT2D eigenvalue weighted by Gasteiger charge is 2.43. The molecular formula is C71H150. The van der Waals surface area contributed by atoms with Crippen LogP contribution in [0.1, 0.15) is 355 Å². The Balaban J connectivity index is -0.000000353. The summed E-state index contributed by atoms with van der Waals surface area (Å²) in [6, 6.07) is 0. The van der Waals surface area contributed by atoms with Crippen LogP contribution in [-0.4, -0.2) is 0 Å². The minimum Gasteiger partial charge on any atom is -0.0654 e. The molecule has 6 aliphatic rings. The fraction of sp³-hybridized carbons (Fsp3) is 1.00. The molecule has 0 bridgehead atoms. The van der Waals surface area contributed by atoms with Crippen molar-refractivity contribution in [3.63, 3.8) is 0 Å². The van der Waals surface area contributed by atoms with Crippen LogP contribution in [0.3, 0.4) is 0 Å². The quantitative estimate of drug-likeness (QED) is 0.238. The lowest BCUT2D eigenvalue weighted by molar-refractivity contribution is 0.179. The highest BCUT2D eigenvalue weighted by Crippen LogP contribution is 2.53. The van der Waals surface area contributed by atoms with Crippen molar-refractivity contribution >= 4 is 0 Å². The molecule has 0 aromatic carbocycles. The second-order valence-electron chi connectivity index (χ2n) is 30.2. The standard InChI is InChI=1S/C10H20.3C8H16.C7H14.C6H12.4C6H14/c1-8-9(2,3)6-7-10(8,4)5;1-6-4-7(2)8(3)5-6;1-7-5-4-6-8(7,2)3;1-6-4-5-7(2)8(6)3;1-6-4-3-5-7(6)2;1-2-6-4-3-5-6;1-5-6(2,3)4;2*1-4-5-6(2)3;1-4-6(3)5-2/h8H,6-7H2,1-5H3;6-8H,4-5H2,1-3H3;7H,4-6H2,1-3H3;6-8H,4-5H2,1-3H3;6-7H,3-5H2,1-2H3;6H,2-5H2,1H3;5H2,1-4H3;3*6H,4-5H2,1-3H3/t;;7-;;6-,7?;;;;;/m..1.1...../s1. The average molecular weight is 1000 g/mol. The van der Waals surface area contributed by atoms with Crippen LogP contribution in [0.25, 0.3) is 0 Å². The second kappa shape index (κ2) is 42.1. The molecule has 6 aliphatic carbocycles. The van der Waals surface area contributed by atoms with Gasteiger partial charge in [-0.3, -0.25) is 0 Å². The molecule has 0 aromatic rings. The van der Waals surface area contributed by atoms with E-state index in [1.54, 1.807) is 0 Å². The summed E-state index contributed by atoms with van der Waals surface area (Å²) in [7, 11) is 0. The van der Waals surface area contributed by atoms with Crippen LogP contribution >= 0.6 is 0 Å². The highest BCUT2D eigenvalue weighted by molar-refractivity contribution is 4.93. The normalized spacial score (nSPS) is 28.8. The second-order valence-corrected chi connectivity index (χ2v) is 30.2. The summed E-state index contributed by atoms with van der Waals surface area (Å²) in [5.74, 6) is 13.7. The first-order valence-electron chi connectivity index (χ1n) is 32.5. The lowest BCUT2D eigenvalue weighted by Gasteiger charge is -2.31. The van der Waals surface area contributed by atoms with Gasteiger partial charge in [-0.25, -0.2) is 0 Å². The lowest BCUT2D eigenvalue weighted by Crippen LogP contribution is -2.24. The molecule has 0 N–H and O–H groups in total. The third-order valence-corrected chi connectivity index (χ3v) is 20.2. The molecule has 0 aromatic heterocycles. The van der Waals surface area contributed by atoms with Gasteiger partial charge >= 0.3 is 0 Å². The van der Waals surface area contributed by atoms with E-state index in [0.717, 1.165) is 82.9 Å². The lowest BCUT2D eigenvalue weighted by atomic mass is 9.74. The van der Waals surface area contributed by atoms with Gasteiger partial charge < -0.3 is 0 Å². The largest absolute Gasteiger partial charge is 0.0654 e. The maximum atomic E-state index is 2.40. The van der Waals surface area contributed by atoms with Crippen LogP contribution in [0, 0.1) is 105 Å². The summed E-state index contributed by atoms with van der Waals surface area (Å²) in [6.45, 7) is 69.5. The third-order valence-electron chi connectivity index (χ3n) is 20.2. The molecule has 434 valence electrons. The van der Waals surface area contributed by atoms with E-state index in [2.05, 4.69) is 208 Å². The van der Waals surface area contributed by atoms with Gasteiger partial charge in [-0.1, -0.05) is 323 Å². The molecular weight excluding hydrogens is 853 g/mol. The van der Waals surface area contributed by atoms with Gasteiger partial charge in [-0.2, -0.15) is 0 Å². The predicted octanol–water partition coefficient (Wildman–Crippen LogP) is 26.1. The first-order chi connectivity index (χ1) is 32.5. The Morgan fingerprint density at radius 2 is 0.803 bits per heavy atom. The fourth-order valence-corrected chi connectivity index (χ4v) is 10.8. The summed E-state index contributed by atoms with van der Waals surface area (Å²) < 4.78 is 0. The van der Waals surface area contributed by atoms with E-state index in [9.17, 15) is 0 Å². The van der Waals surface area contributed by atoms with Crippen molar-refractivity contribution in [2.75, 3.05) is 0 Å². The van der Waals surface area contributed by atoms with Gasteiger partial charge in [0.25, 0.3) is 0 Å². The third kappa shape index (κ3) is 41.8.